The first-order valence-electron chi connectivity index (χ1n) is 7.59. The van der Waals surface area contributed by atoms with E-state index in [1.807, 2.05) is 0 Å². The Bertz CT molecular complexity index is 1080. The third-order valence-electron chi connectivity index (χ3n) is 3.55. The SMILES string of the molecule is O=c1cnn([C@@H]2O[C@H](COP(=O)(O)OP(=O)(O)OP(O)(O)=P)[C@H](O)C2(Cl)CF)c(=O)[nH]1. The van der Waals surface area contributed by atoms with Crippen LogP contribution in [0.4, 0.5) is 4.39 Å². The average molecular weight is 552 g/mol. The zero-order chi connectivity index (χ0) is 23.8. The Kier molecular flexibility index (Phi) is 8.24. The lowest BCUT2D eigenvalue weighted by atomic mass is 10.0. The molecule has 31 heavy (non-hydrogen) atoms. The van der Waals surface area contributed by atoms with Gasteiger partial charge in [0.15, 0.2) is 6.23 Å². The van der Waals surface area contributed by atoms with Crippen LogP contribution in [-0.2, 0) is 27.0 Å². The monoisotopic (exact) mass is 551 g/mol. The van der Waals surface area contributed by atoms with Gasteiger partial charge in [0.2, 0.25) is 0 Å². The van der Waals surface area contributed by atoms with Crippen molar-refractivity contribution in [1.82, 2.24) is 14.8 Å². The number of hydrogen-bond acceptors (Lipinski definition) is 10. The summed E-state index contributed by atoms with van der Waals surface area (Å²) in [5.41, 5.74) is -2.07. The highest BCUT2D eigenvalue weighted by Crippen LogP contribution is 2.67. The number of aromatic amines is 1. The van der Waals surface area contributed by atoms with E-state index in [1.54, 1.807) is 4.98 Å². The molecule has 2 rings (SSSR count). The van der Waals surface area contributed by atoms with Crippen molar-refractivity contribution in [3.05, 3.63) is 27.0 Å². The highest BCUT2D eigenvalue weighted by Gasteiger charge is 2.58. The van der Waals surface area contributed by atoms with Crippen molar-refractivity contribution < 1.29 is 56.1 Å². The zero-order valence-electron chi connectivity index (χ0n) is 14.7. The molecular weight excluding hydrogens is 536 g/mol. The molecule has 3 unspecified atom stereocenters. The first-order valence-corrected chi connectivity index (χ1v) is 13.9. The number of H-pyrrole nitrogens is 1. The van der Waals surface area contributed by atoms with Gasteiger partial charge < -0.3 is 29.4 Å². The molecule has 0 amide bonds. The molecule has 1 saturated heterocycles. The van der Waals surface area contributed by atoms with Crippen LogP contribution in [0.5, 0.6) is 0 Å². The van der Waals surface area contributed by atoms with E-state index in [1.165, 1.54) is 0 Å². The zero-order valence-corrected chi connectivity index (χ0v) is 19.2. The molecule has 6 atom stereocenters. The third-order valence-corrected chi connectivity index (χ3v) is 8.66. The fourth-order valence-corrected chi connectivity index (χ4v) is 6.67. The summed E-state index contributed by atoms with van der Waals surface area (Å²) in [6.45, 7) is -2.61. The number of phosphoric acid groups is 2. The molecule has 1 aliphatic rings. The minimum Gasteiger partial charge on any atom is -0.388 e. The van der Waals surface area contributed by atoms with Crippen LogP contribution < -0.4 is 11.2 Å². The number of aliphatic hydroxyl groups excluding tert-OH is 1. The minimum atomic E-state index is -5.53. The number of halogens is 2. The van der Waals surface area contributed by atoms with Crippen molar-refractivity contribution in [2.45, 2.75) is 23.3 Å². The molecule has 1 fully saturated rings. The molecule has 16 nitrogen and oxygen atoms in total. The highest BCUT2D eigenvalue weighted by molar-refractivity contribution is 7.91. The van der Waals surface area contributed by atoms with E-state index in [0.29, 0.717) is 10.9 Å². The fraction of sp³-hybridized carbons (Fsp3) is 0.667. The van der Waals surface area contributed by atoms with Gasteiger partial charge in [0, 0.05) is 0 Å². The fourth-order valence-electron chi connectivity index (χ4n) is 2.35. The van der Waals surface area contributed by atoms with E-state index in [9.17, 15) is 38.0 Å². The quantitative estimate of drug-likeness (QED) is 0.163. The van der Waals surface area contributed by atoms with E-state index in [2.05, 4.69) is 26.8 Å². The number of nitrogens with zero attached hydrogens (tertiary/aromatic N) is 2. The second-order valence-electron chi connectivity index (χ2n) is 5.86. The number of phosphoric ester groups is 1. The summed E-state index contributed by atoms with van der Waals surface area (Å²) in [6, 6.07) is 0. The molecule has 1 aromatic heterocycles. The summed E-state index contributed by atoms with van der Waals surface area (Å²) in [5.74, 6) is 0. The topological polar surface area (TPSA) is 240 Å². The third kappa shape index (κ3) is 6.83. The maximum Gasteiger partial charge on any atom is 0.488 e. The number of nitrogens with one attached hydrogen (secondary N) is 1. The number of alkyl halides is 2. The molecule has 2 heterocycles. The molecule has 1 aromatic rings. The van der Waals surface area contributed by atoms with Gasteiger partial charge in [0.05, 0.1) is 6.61 Å². The Morgan fingerprint density at radius 3 is 2.42 bits per heavy atom. The Balaban J connectivity index is 2.18. The summed E-state index contributed by atoms with van der Waals surface area (Å²) < 4.78 is 54.5. The lowest BCUT2D eigenvalue weighted by molar-refractivity contribution is -0.0519. The second kappa shape index (κ2) is 9.49. The highest BCUT2D eigenvalue weighted by atomic mass is 35.5. The Hall–Kier alpha value is -0.340. The van der Waals surface area contributed by atoms with Crippen LogP contribution in [0.1, 0.15) is 6.23 Å². The van der Waals surface area contributed by atoms with Gasteiger partial charge in [-0.15, -0.1) is 11.6 Å². The van der Waals surface area contributed by atoms with E-state index in [-0.39, 0.29) is 0 Å². The van der Waals surface area contributed by atoms with Gasteiger partial charge >= 0.3 is 21.3 Å². The number of rotatable bonds is 9. The van der Waals surface area contributed by atoms with Crippen molar-refractivity contribution in [2.24, 2.45) is 0 Å². The van der Waals surface area contributed by atoms with Crippen molar-refractivity contribution >= 4 is 43.0 Å². The van der Waals surface area contributed by atoms with E-state index >= 15 is 0 Å². The van der Waals surface area contributed by atoms with Gasteiger partial charge in [0.25, 0.3) is 12.8 Å². The van der Waals surface area contributed by atoms with Crippen LogP contribution in [0.2, 0.25) is 0 Å². The summed E-state index contributed by atoms with van der Waals surface area (Å²) >= 11 is 6.02. The van der Waals surface area contributed by atoms with E-state index < -0.39 is 70.7 Å². The van der Waals surface area contributed by atoms with Crippen molar-refractivity contribution in [2.75, 3.05) is 13.3 Å². The Morgan fingerprint density at radius 1 is 1.29 bits per heavy atom. The summed E-state index contributed by atoms with van der Waals surface area (Å²) in [5, 5.41) is 13.7. The van der Waals surface area contributed by atoms with Gasteiger partial charge in [-0.05, 0) is 8.53 Å². The predicted octanol–water partition coefficient (Wildman–Crippen LogP) is -0.807. The summed E-state index contributed by atoms with van der Waals surface area (Å²) in [4.78, 5) is 59.1. The molecule has 0 saturated carbocycles. The first kappa shape index (κ1) is 26.9. The van der Waals surface area contributed by atoms with E-state index in [0.717, 1.165) is 0 Å². The van der Waals surface area contributed by atoms with Gasteiger partial charge in [-0.25, -0.2) is 22.6 Å². The largest absolute Gasteiger partial charge is 0.488 e. The average Bonchev–Trinajstić information content (AvgIpc) is 2.82. The van der Waals surface area contributed by atoms with Gasteiger partial charge in [0.1, 0.15) is 30.0 Å². The molecule has 0 radical (unpaired) electrons. The van der Waals surface area contributed by atoms with Crippen LogP contribution in [0.25, 0.3) is 0 Å². The number of ether oxygens (including phenoxy) is 1. The molecule has 178 valence electrons. The summed E-state index contributed by atoms with van der Waals surface area (Å²) in [6.07, 6.45) is -4.88. The molecular formula is C9H15ClFN3O13P4. The van der Waals surface area contributed by atoms with Crippen LogP contribution >= 0.6 is 43.0 Å². The van der Waals surface area contributed by atoms with E-state index in [4.69, 9.17) is 26.1 Å². The predicted molar refractivity (Wildman–Crippen MR) is 101 cm³/mol. The normalized spacial score (nSPS) is 30.6. The molecule has 6 N–H and O–H groups in total. The van der Waals surface area contributed by atoms with Gasteiger partial charge in [-0.1, -0.05) is 0 Å². The van der Waals surface area contributed by atoms with Crippen molar-refractivity contribution in [1.29, 1.82) is 0 Å². The van der Waals surface area contributed by atoms with Crippen molar-refractivity contribution in [3.8, 4) is 0 Å². The molecule has 1 aliphatic heterocycles. The maximum atomic E-state index is 13.6. The van der Waals surface area contributed by atoms with Crippen LogP contribution in [0.3, 0.4) is 0 Å². The molecule has 0 spiro atoms. The Labute approximate surface area is 178 Å². The number of hydrogen-bond donors (Lipinski definition) is 6. The molecule has 0 aromatic carbocycles. The smallest absolute Gasteiger partial charge is 0.388 e. The van der Waals surface area contributed by atoms with Gasteiger partial charge in [-0.3, -0.25) is 14.3 Å². The lowest BCUT2D eigenvalue weighted by Crippen LogP contribution is -2.47. The van der Waals surface area contributed by atoms with Gasteiger partial charge in [-0.2, -0.15) is 14.1 Å². The number of aromatic nitrogens is 3. The standard InChI is InChI=1S/C9H15ClFN3O13P4/c10-9(3-11)6(16)4(25-7(9)14-8(17)13-5(15)1-12-14)2-24-29(18,19)26-30(20,21)27-31(22,23)28/h1,4,6-7,16,22-23,28H,2-3H2,(H,18,19)(H,20,21)(H,13,15,17)/t4-,6+,7-,9?/m1/s1. The molecule has 0 aliphatic carbocycles. The Morgan fingerprint density at radius 2 is 1.90 bits per heavy atom. The lowest BCUT2D eigenvalue weighted by Gasteiger charge is -2.26. The van der Waals surface area contributed by atoms with Crippen LogP contribution in [0, 0.1) is 0 Å². The van der Waals surface area contributed by atoms with Crippen LogP contribution in [-0.4, -0.2) is 69.8 Å². The summed E-state index contributed by atoms with van der Waals surface area (Å²) in [7, 11) is -13.4. The van der Waals surface area contributed by atoms with Crippen molar-refractivity contribution in [3.63, 3.8) is 0 Å². The van der Waals surface area contributed by atoms with Crippen LogP contribution in [0.15, 0.2) is 15.8 Å². The number of aliphatic hydroxyl groups is 1. The second-order valence-corrected chi connectivity index (χ2v) is 12.8. The molecule has 22 heteroatoms. The minimum absolute atomic E-state index is 0.406. The molecule has 0 bridgehead atoms. The maximum absolute atomic E-state index is 13.6. The first-order chi connectivity index (χ1) is 14.0.